The van der Waals surface area contributed by atoms with Crippen molar-refractivity contribution in [3.05, 3.63) is 30.6 Å². The van der Waals surface area contributed by atoms with Gasteiger partial charge in [-0.15, -0.1) is 0 Å². The highest BCUT2D eigenvalue weighted by atomic mass is 79.9. The van der Waals surface area contributed by atoms with E-state index in [9.17, 15) is 0 Å². The maximum absolute atomic E-state index is 2.43. The van der Waals surface area contributed by atoms with Gasteiger partial charge in [-0.3, -0.25) is 0 Å². The van der Waals surface area contributed by atoms with Gasteiger partial charge in [0.2, 0.25) is 0 Å². The van der Waals surface area contributed by atoms with Gasteiger partial charge in [0.1, 0.15) is 0 Å². The summed E-state index contributed by atoms with van der Waals surface area (Å²) >= 11 is 0. The molecule has 23 heavy (non-hydrogen) atoms. The summed E-state index contributed by atoms with van der Waals surface area (Å²) in [5.74, 6) is 0. The van der Waals surface area contributed by atoms with Crippen LogP contribution < -0.4 is 21.5 Å². The molecule has 0 aliphatic carbocycles. The molecule has 0 saturated heterocycles. The fraction of sp³-hybridized carbons (Fsp3) is 0.762. The van der Waals surface area contributed by atoms with Gasteiger partial charge >= 0.3 is 0 Å². The van der Waals surface area contributed by atoms with Crippen LogP contribution >= 0.6 is 0 Å². The van der Waals surface area contributed by atoms with E-state index in [1.807, 2.05) is 0 Å². The Morgan fingerprint density at radius 1 is 0.609 bits per heavy atom. The average molecular weight is 384 g/mol. The average Bonchev–Trinajstić information content (AvgIpc) is 2.57. The highest BCUT2D eigenvalue weighted by molar-refractivity contribution is 4.84. The fourth-order valence-electron chi connectivity index (χ4n) is 3.23. The lowest BCUT2D eigenvalue weighted by Crippen LogP contribution is -3.00. The lowest BCUT2D eigenvalue weighted by atomic mass is 10.0. The predicted octanol–water partition coefficient (Wildman–Crippen LogP) is 3.63. The van der Waals surface area contributed by atoms with E-state index in [1.54, 1.807) is 0 Å². The van der Waals surface area contributed by atoms with Gasteiger partial charge in [-0.2, -0.15) is 0 Å². The van der Waals surface area contributed by atoms with Crippen molar-refractivity contribution >= 4 is 0 Å². The Hall–Kier alpha value is -0.370. The molecular formula is C21H38BrN. The lowest BCUT2D eigenvalue weighted by molar-refractivity contribution is -0.724. The number of hydrogen-bond donors (Lipinski definition) is 0. The van der Waals surface area contributed by atoms with Crippen LogP contribution in [0.25, 0.3) is 0 Å². The molecule has 1 atom stereocenters. The Bertz CT molecular complexity index is 339. The van der Waals surface area contributed by atoms with Crippen LogP contribution in [0.15, 0.2) is 30.6 Å². The third-order valence-corrected chi connectivity index (χ3v) is 4.69. The zero-order valence-corrected chi connectivity index (χ0v) is 17.1. The Morgan fingerprint density at radius 2 is 1.09 bits per heavy atom. The maximum Gasteiger partial charge on any atom is 0.169 e. The first kappa shape index (κ1) is 22.6. The Kier molecular flexibility index (Phi) is 16.2. The minimum atomic E-state index is 0. The first-order valence-electron chi connectivity index (χ1n) is 9.84. The molecule has 0 aliphatic heterocycles. The second-order valence-corrected chi connectivity index (χ2v) is 6.74. The van der Waals surface area contributed by atoms with Crippen LogP contribution in [-0.2, 0) is 0 Å². The monoisotopic (exact) mass is 383 g/mol. The van der Waals surface area contributed by atoms with Gasteiger partial charge in [-0.05, 0) is 12.8 Å². The number of hydrogen-bond acceptors (Lipinski definition) is 0. The highest BCUT2D eigenvalue weighted by Gasteiger charge is 2.16. The van der Waals surface area contributed by atoms with Gasteiger partial charge in [-0.1, -0.05) is 77.7 Å². The van der Waals surface area contributed by atoms with E-state index in [4.69, 9.17) is 0 Å². The first-order chi connectivity index (χ1) is 10.9. The molecule has 0 aromatic carbocycles. The summed E-state index contributed by atoms with van der Waals surface area (Å²) in [6.07, 6.45) is 22.7. The van der Waals surface area contributed by atoms with Gasteiger partial charge < -0.3 is 17.0 Å². The lowest BCUT2D eigenvalue weighted by Gasteiger charge is -2.12. The minimum Gasteiger partial charge on any atom is -1.00 e. The molecule has 1 unspecified atom stereocenters. The molecule has 0 amide bonds. The number of nitrogens with zero attached hydrogens (tertiary/aromatic N) is 1. The summed E-state index contributed by atoms with van der Waals surface area (Å²) in [4.78, 5) is 0. The molecule has 134 valence electrons. The van der Waals surface area contributed by atoms with E-state index in [1.165, 1.54) is 83.5 Å². The van der Waals surface area contributed by atoms with E-state index in [0.717, 1.165) is 0 Å². The summed E-state index contributed by atoms with van der Waals surface area (Å²) in [5, 5.41) is 0. The highest BCUT2D eigenvalue weighted by Crippen LogP contribution is 2.18. The van der Waals surface area contributed by atoms with Crippen molar-refractivity contribution < 1.29 is 21.5 Å². The molecule has 1 nitrogen and oxygen atoms in total. The molecule has 0 aliphatic rings. The number of aromatic nitrogens is 1. The van der Waals surface area contributed by atoms with Crippen LogP contribution in [0.5, 0.6) is 0 Å². The summed E-state index contributed by atoms with van der Waals surface area (Å²) in [5.41, 5.74) is 0. The van der Waals surface area contributed by atoms with Gasteiger partial charge in [0, 0.05) is 25.0 Å². The Morgan fingerprint density at radius 3 is 1.65 bits per heavy atom. The van der Waals surface area contributed by atoms with Gasteiger partial charge in [0.05, 0.1) is 0 Å². The van der Waals surface area contributed by atoms with Crippen LogP contribution in [0.4, 0.5) is 0 Å². The largest absolute Gasteiger partial charge is 1.00 e. The van der Waals surface area contributed by atoms with Crippen molar-refractivity contribution in [1.29, 1.82) is 0 Å². The van der Waals surface area contributed by atoms with E-state index >= 15 is 0 Å². The van der Waals surface area contributed by atoms with E-state index < -0.39 is 0 Å². The van der Waals surface area contributed by atoms with Crippen molar-refractivity contribution in [3.8, 4) is 0 Å². The Labute approximate surface area is 155 Å². The normalized spacial score (nSPS) is 11.9. The van der Waals surface area contributed by atoms with E-state index in [2.05, 4.69) is 49.0 Å². The second-order valence-electron chi connectivity index (χ2n) is 6.74. The smallest absolute Gasteiger partial charge is 0.169 e. The fourth-order valence-corrected chi connectivity index (χ4v) is 3.23. The summed E-state index contributed by atoms with van der Waals surface area (Å²) in [7, 11) is 0. The van der Waals surface area contributed by atoms with Crippen molar-refractivity contribution in [1.82, 2.24) is 0 Å². The van der Waals surface area contributed by atoms with Gasteiger partial charge in [0.15, 0.2) is 18.4 Å². The summed E-state index contributed by atoms with van der Waals surface area (Å²) < 4.78 is 2.43. The molecule has 1 heterocycles. The van der Waals surface area contributed by atoms with Gasteiger partial charge in [0.25, 0.3) is 0 Å². The first-order valence-corrected chi connectivity index (χ1v) is 9.84. The Balaban J connectivity index is 0.00000484. The van der Waals surface area contributed by atoms with Gasteiger partial charge in [-0.25, -0.2) is 4.57 Å². The van der Waals surface area contributed by atoms with Crippen molar-refractivity contribution in [2.24, 2.45) is 0 Å². The van der Waals surface area contributed by atoms with E-state index in [-0.39, 0.29) is 17.0 Å². The molecule has 2 heteroatoms. The molecule has 0 fully saturated rings. The molecular weight excluding hydrogens is 346 g/mol. The summed E-state index contributed by atoms with van der Waals surface area (Å²) in [6.45, 7) is 4.59. The maximum atomic E-state index is 2.43. The third kappa shape index (κ3) is 11.8. The quantitative estimate of drug-likeness (QED) is 0.341. The number of rotatable bonds is 14. The molecule has 0 bridgehead atoms. The third-order valence-electron chi connectivity index (χ3n) is 4.69. The van der Waals surface area contributed by atoms with Crippen molar-refractivity contribution in [2.45, 2.75) is 103 Å². The van der Waals surface area contributed by atoms with Crippen LogP contribution in [0.1, 0.15) is 103 Å². The van der Waals surface area contributed by atoms with Crippen molar-refractivity contribution in [2.75, 3.05) is 0 Å². The zero-order chi connectivity index (χ0) is 15.9. The SMILES string of the molecule is CCCCCCCCCCCC(CCCC)[n+]1ccccc1.[Br-]. The zero-order valence-electron chi connectivity index (χ0n) is 15.5. The van der Waals surface area contributed by atoms with E-state index in [0.29, 0.717) is 6.04 Å². The van der Waals surface area contributed by atoms with Crippen LogP contribution in [0.3, 0.4) is 0 Å². The second kappa shape index (κ2) is 16.5. The van der Waals surface area contributed by atoms with Crippen LogP contribution in [0, 0.1) is 0 Å². The standard InChI is InChI=1S/C21H38N.BrH/c1-3-5-7-8-9-10-11-12-14-18-21(17-6-4-2)22-19-15-13-16-20-22;/h13,15-16,19-21H,3-12,14,17-18H2,1-2H3;1H/q+1;/p-1. The topological polar surface area (TPSA) is 3.88 Å². The molecule has 0 radical (unpaired) electrons. The van der Waals surface area contributed by atoms with Crippen LogP contribution in [-0.4, -0.2) is 0 Å². The number of pyridine rings is 1. The minimum absolute atomic E-state index is 0. The molecule has 0 saturated carbocycles. The molecule has 0 N–H and O–H groups in total. The predicted molar refractivity (Wildman–Crippen MR) is 97.0 cm³/mol. The molecule has 1 rings (SSSR count). The molecule has 1 aromatic rings. The van der Waals surface area contributed by atoms with Crippen LogP contribution in [0.2, 0.25) is 0 Å². The number of halogens is 1. The summed E-state index contributed by atoms with van der Waals surface area (Å²) in [6, 6.07) is 7.15. The number of unbranched alkanes of at least 4 members (excludes halogenated alkanes) is 9. The van der Waals surface area contributed by atoms with Crippen molar-refractivity contribution in [3.63, 3.8) is 0 Å². The molecule has 0 spiro atoms. The molecule has 1 aromatic heterocycles.